The predicted octanol–water partition coefficient (Wildman–Crippen LogP) is 0.934. The van der Waals surface area contributed by atoms with Gasteiger partial charge in [0.1, 0.15) is 0 Å². The molecule has 2 aliphatic rings. The van der Waals surface area contributed by atoms with Crippen LogP contribution in [0.5, 0.6) is 0 Å². The van der Waals surface area contributed by atoms with Crippen molar-refractivity contribution in [2.24, 2.45) is 0 Å². The van der Waals surface area contributed by atoms with E-state index in [1.807, 2.05) is 0 Å². The highest BCUT2D eigenvalue weighted by atomic mass is 79.9. The molecule has 0 bridgehead atoms. The van der Waals surface area contributed by atoms with Gasteiger partial charge in [0, 0.05) is 56.0 Å². The van der Waals surface area contributed by atoms with E-state index < -0.39 is 10.0 Å². The quantitative estimate of drug-likeness (QED) is 0.802. The maximum atomic E-state index is 12.6. The molecule has 1 unspecified atom stereocenters. The minimum Gasteiger partial charge on any atom is -0.314 e. The van der Waals surface area contributed by atoms with E-state index in [4.69, 9.17) is 0 Å². The van der Waals surface area contributed by atoms with Gasteiger partial charge in [0.15, 0.2) is 5.03 Å². The van der Waals surface area contributed by atoms with Crippen LogP contribution in [0.3, 0.4) is 0 Å². The largest absolute Gasteiger partial charge is 0.314 e. The van der Waals surface area contributed by atoms with Crippen LogP contribution in [0, 0.1) is 0 Å². The second-order valence-electron chi connectivity index (χ2n) is 5.41. The summed E-state index contributed by atoms with van der Waals surface area (Å²) in [6.45, 7) is 5.11. The Labute approximate surface area is 145 Å². The van der Waals surface area contributed by atoms with Gasteiger partial charge in [-0.05, 0) is 34.5 Å². The molecule has 1 atom stereocenters. The van der Waals surface area contributed by atoms with Crippen molar-refractivity contribution in [3.8, 4) is 0 Å². The Morgan fingerprint density at radius 3 is 2.59 bits per heavy atom. The van der Waals surface area contributed by atoms with Crippen molar-refractivity contribution in [1.29, 1.82) is 0 Å². The smallest absolute Gasteiger partial charge is 0.260 e. The maximum Gasteiger partial charge on any atom is 0.260 e. The van der Waals surface area contributed by atoms with Gasteiger partial charge in [0.2, 0.25) is 0 Å². The van der Waals surface area contributed by atoms with E-state index in [9.17, 15) is 8.42 Å². The number of rotatable bonds is 3. The topological polar surface area (TPSA) is 65.5 Å². The molecular formula is C13H20BrClN4O2S. The first-order chi connectivity index (χ1) is 10.1. The van der Waals surface area contributed by atoms with Crippen molar-refractivity contribution in [2.45, 2.75) is 17.5 Å². The maximum absolute atomic E-state index is 12.6. The fourth-order valence-electron chi connectivity index (χ4n) is 2.92. The van der Waals surface area contributed by atoms with Gasteiger partial charge >= 0.3 is 0 Å². The third kappa shape index (κ3) is 3.80. The fraction of sp³-hybridized carbons (Fsp3) is 0.615. The molecule has 2 aliphatic heterocycles. The Morgan fingerprint density at radius 2 is 1.95 bits per heavy atom. The lowest BCUT2D eigenvalue weighted by molar-refractivity contribution is 0.179. The van der Waals surface area contributed by atoms with E-state index in [1.54, 1.807) is 16.4 Å². The highest BCUT2D eigenvalue weighted by molar-refractivity contribution is 9.10. The number of aromatic nitrogens is 1. The summed E-state index contributed by atoms with van der Waals surface area (Å²) in [5.74, 6) is 0. The van der Waals surface area contributed by atoms with Crippen LogP contribution < -0.4 is 5.32 Å². The average molecular weight is 412 g/mol. The van der Waals surface area contributed by atoms with Gasteiger partial charge in [-0.1, -0.05) is 0 Å². The molecule has 6 nitrogen and oxygen atoms in total. The Hall–Kier alpha value is -0.250. The van der Waals surface area contributed by atoms with E-state index in [0.29, 0.717) is 19.1 Å². The van der Waals surface area contributed by atoms with Crippen LogP contribution in [0.4, 0.5) is 0 Å². The van der Waals surface area contributed by atoms with Crippen molar-refractivity contribution in [3.63, 3.8) is 0 Å². The number of hydrogen-bond acceptors (Lipinski definition) is 5. The summed E-state index contributed by atoms with van der Waals surface area (Å²) >= 11 is 3.27. The lowest BCUT2D eigenvalue weighted by Crippen LogP contribution is -2.49. The molecule has 1 aromatic rings. The molecule has 22 heavy (non-hydrogen) atoms. The molecule has 3 rings (SSSR count). The van der Waals surface area contributed by atoms with E-state index >= 15 is 0 Å². The summed E-state index contributed by atoms with van der Waals surface area (Å²) in [6, 6.07) is 3.60. The van der Waals surface area contributed by atoms with Gasteiger partial charge in [0.25, 0.3) is 10.0 Å². The van der Waals surface area contributed by atoms with Crippen LogP contribution in [-0.4, -0.2) is 67.9 Å². The van der Waals surface area contributed by atoms with Crippen LogP contribution in [0.25, 0.3) is 0 Å². The summed E-state index contributed by atoms with van der Waals surface area (Å²) in [5.41, 5.74) is 0. The van der Waals surface area contributed by atoms with Crippen molar-refractivity contribution in [2.75, 3.05) is 39.3 Å². The normalized spacial score (nSPS) is 24.1. The molecule has 0 aliphatic carbocycles. The number of halogens is 2. The summed E-state index contributed by atoms with van der Waals surface area (Å²) < 4.78 is 27.5. The summed E-state index contributed by atoms with van der Waals surface area (Å²) in [6.07, 6.45) is 2.42. The first-order valence-corrected chi connectivity index (χ1v) is 9.37. The molecule has 0 radical (unpaired) electrons. The lowest BCUT2D eigenvalue weighted by atomic mass is 10.2. The number of pyridine rings is 1. The van der Waals surface area contributed by atoms with Crippen LogP contribution in [-0.2, 0) is 10.0 Å². The third-order valence-electron chi connectivity index (χ3n) is 4.10. The van der Waals surface area contributed by atoms with Gasteiger partial charge in [-0.2, -0.15) is 4.31 Å². The van der Waals surface area contributed by atoms with E-state index in [0.717, 1.165) is 37.1 Å². The predicted molar refractivity (Wildman–Crippen MR) is 90.8 cm³/mol. The van der Waals surface area contributed by atoms with Crippen LogP contribution in [0.15, 0.2) is 27.8 Å². The van der Waals surface area contributed by atoms with Gasteiger partial charge in [0.05, 0.1) is 0 Å². The zero-order valence-corrected chi connectivity index (χ0v) is 15.3. The molecule has 1 N–H and O–H groups in total. The summed E-state index contributed by atoms with van der Waals surface area (Å²) in [7, 11) is -3.47. The molecule has 0 saturated carbocycles. The SMILES string of the molecule is Cl.O=S(=O)(c1ccc(Br)cn1)N1CCC(N2CCNCC2)C1. The zero-order valence-electron chi connectivity index (χ0n) is 12.1. The van der Waals surface area contributed by atoms with Crippen molar-refractivity contribution >= 4 is 38.4 Å². The Bertz CT molecular complexity index is 593. The molecule has 3 heterocycles. The molecule has 0 amide bonds. The lowest BCUT2D eigenvalue weighted by Gasteiger charge is -2.32. The molecule has 2 saturated heterocycles. The van der Waals surface area contributed by atoms with Crippen LogP contribution in [0.2, 0.25) is 0 Å². The molecule has 0 spiro atoms. The second-order valence-corrected chi connectivity index (χ2v) is 8.21. The number of piperazine rings is 1. The Morgan fingerprint density at radius 1 is 1.23 bits per heavy atom. The van der Waals surface area contributed by atoms with E-state index in [1.165, 1.54) is 6.20 Å². The number of nitrogens with zero attached hydrogens (tertiary/aromatic N) is 3. The molecule has 1 aromatic heterocycles. The molecule has 124 valence electrons. The standard InChI is InChI=1S/C13H19BrN4O2S.ClH/c14-11-1-2-13(16-9-11)21(19,20)18-6-3-12(10-18)17-7-4-15-5-8-17;/h1-2,9,12,15H,3-8,10H2;1H. The monoisotopic (exact) mass is 410 g/mol. The average Bonchev–Trinajstić information content (AvgIpc) is 2.99. The number of sulfonamides is 1. The van der Waals surface area contributed by atoms with E-state index in [2.05, 4.69) is 31.1 Å². The van der Waals surface area contributed by atoms with Crippen molar-refractivity contribution < 1.29 is 8.42 Å². The van der Waals surface area contributed by atoms with Gasteiger partial charge in [-0.25, -0.2) is 13.4 Å². The number of nitrogens with one attached hydrogen (secondary N) is 1. The van der Waals surface area contributed by atoms with Crippen molar-refractivity contribution in [1.82, 2.24) is 19.5 Å². The highest BCUT2D eigenvalue weighted by Gasteiger charge is 2.36. The first-order valence-electron chi connectivity index (χ1n) is 7.14. The summed E-state index contributed by atoms with van der Waals surface area (Å²) in [5, 5.41) is 3.45. The first kappa shape index (κ1) is 18.1. The fourth-order valence-corrected chi connectivity index (χ4v) is 4.56. The number of hydrogen-bond donors (Lipinski definition) is 1. The molecule has 0 aromatic carbocycles. The second kappa shape index (κ2) is 7.55. The Balaban J connectivity index is 0.00000176. The van der Waals surface area contributed by atoms with Gasteiger partial charge < -0.3 is 5.32 Å². The van der Waals surface area contributed by atoms with Crippen LogP contribution in [0.1, 0.15) is 6.42 Å². The third-order valence-corrected chi connectivity index (χ3v) is 6.35. The Kier molecular flexibility index (Phi) is 6.21. The van der Waals surface area contributed by atoms with E-state index in [-0.39, 0.29) is 17.4 Å². The van der Waals surface area contributed by atoms with Crippen LogP contribution >= 0.6 is 28.3 Å². The minimum absolute atomic E-state index is 0. The summed E-state index contributed by atoms with van der Waals surface area (Å²) in [4.78, 5) is 6.42. The molecule has 9 heteroatoms. The highest BCUT2D eigenvalue weighted by Crippen LogP contribution is 2.23. The molecular weight excluding hydrogens is 392 g/mol. The molecule has 2 fully saturated rings. The van der Waals surface area contributed by atoms with Gasteiger partial charge in [-0.3, -0.25) is 4.90 Å². The van der Waals surface area contributed by atoms with Gasteiger partial charge in [-0.15, -0.1) is 12.4 Å². The zero-order chi connectivity index (χ0) is 14.9. The minimum atomic E-state index is -3.47. The van der Waals surface area contributed by atoms with Crippen molar-refractivity contribution in [3.05, 3.63) is 22.8 Å².